The minimum atomic E-state index is 0.559. The number of rotatable bonds is 3. The molecule has 49 heavy (non-hydrogen) atoms. The Bertz CT molecular complexity index is 3000. The molecule has 0 aliphatic rings. The van der Waals surface area contributed by atoms with Crippen LogP contribution in [-0.2, 0) is 0 Å². The van der Waals surface area contributed by atoms with Crippen molar-refractivity contribution in [1.82, 2.24) is 15.0 Å². The van der Waals surface area contributed by atoms with Crippen molar-refractivity contribution in [3.8, 4) is 34.2 Å². The summed E-state index contributed by atoms with van der Waals surface area (Å²) in [6, 6.07) is 46.8. The molecule has 0 spiro atoms. The van der Waals surface area contributed by atoms with Crippen LogP contribution in [0.25, 0.3) is 111 Å². The maximum absolute atomic E-state index is 6.32. The highest BCUT2D eigenvalue weighted by Gasteiger charge is 2.22. The zero-order chi connectivity index (χ0) is 32.1. The number of fused-ring (bicyclic) bond motifs is 11. The van der Waals surface area contributed by atoms with E-state index in [4.69, 9.17) is 28.2 Å². The van der Waals surface area contributed by atoms with Gasteiger partial charge in [-0.3, -0.25) is 0 Å². The number of benzene rings is 7. The summed E-state index contributed by atoms with van der Waals surface area (Å²) in [5.74, 6) is 1.68. The first-order valence-corrected chi connectivity index (χ1v) is 16.2. The Labute approximate surface area is 277 Å². The first-order chi connectivity index (χ1) is 24.3. The van der Waals surface area contributed by atoms with Crippen LogP contribution in [0.5, 0.6) is 0 Å². The Hall–Kier alpha value is -6.79. The third kappa shape index (κ3) is 3.79. The fourth-order valence-electron chi connectivity index (χ4n) is 7.44. The van der Waals surface area contributed by atoms with Crippen LogP contribution in [0, 0.1) is 0 Å². The van der Waals surface area contributed by atoms with Gasteiger partial charge in [-0.2, -0.15) is 0 Å². The van der Waals surface area contributed by atoms with E-state index in [0.29, 0.717) is 17.5 Å². The van der Waals surface area contributed by atoms with Gasteiger partial charge >= 0.3 is 0 Å². The summed E-state index contributed by atoms with van der Waals surface area (Å²) < 4.78 is 18.9. The van der Waals surface area contributed by atoms with Gasteiger partial charge in [0.05, 0.1) is 0 Å². The molecule has 0 unspecified atom stereocenters. The molecule has 0 amide bonds. The first kappa shape index (κ1) is 26.3. The molecule has 4 heterocycles. The average Bonchev–Trinajstić information content (AvgIpc) is 3.85. The second kappa shape index (κ2) is 9.86. The number of nitrogens with zero attached hydrogens (tertiary/aromatic N) is 3. The zero-order valence-corrected chi connectivity index (χ0v) is 25.8. The molecule has 0 aliphatic heterocycles. The van der Waals surface area contributed by atoms with E-state index in [1.807, 2.05) is 84.9 Å². The Morgan fingerprint density at radius 1 is 0.286 bits per heavy atom. The monoisotopic (exact) mass is 629 g/mol. The quantitative estimate of drug-likeness (QED) is 0.193. The summed E-state index contributed by atoms with van der Waals surface area (Å²) >= 11 is 0. The summed E-state index contributed by atoms with van der Waals surface area (Å²) in [5, 5.41) is 8.15. The minimum Gasteiger partial charge on any atom is -0.456 e. The van der Waals surface area contributed by atoms with Gasteiger partial charge in [-0.25, -0.2) is 15.0 Å². The van der Waals surface area contributed by atoms with Crippen LogP contribution in [0.15, 0.2) is 153 Å². The van der Waals surface area contributed by atoms with Crippen molar-refractivity contribution in [2.45, 2.75) is 0 Å². The van der Waals surface area contributed by atoms with Gasteiger partial charge < -0.3 is 13.3 Å². The highest BCUT2D eigenvalue weighted by Crippen LogP contribution is 2.42. The molecule has 11 rings (SSSR count). The van der Waals surface area contributed by atoms with Gasteiger partial charge in [-0.05, 0) is 41.8 Å². The third-order valence-corrected chi connectivity index (χ3v) is 9.55. The molecule has 0 saturated carbocycles. The van der Waals surface area contributed by atoms with E-state index in [1.54, 1.807) is 0 Å². The van der Waals surface area contributed by atoms with Gasteiger partial charge in [0.2, 0.25) is 0 Å². The van der Waals surface area contributed by atoms with E-state index in [-0.39, 0.29) is 0 Å². The molecule has 11 aromatic rings. The predicted octanol–water partition coefficient (Wildman–Crippen LogP) is 11.7. The van der Waals surface area contributed by atoms with Crippen LogP contribution >= 0.6 is 0 Å². The van der Waals surface area contributed by atoms with Crippen LogP contribution in [-0.4, -0.2) is 15.0 Å². The second-order valence-corrected chi connectivity index (χ2v) is 12.3. The molecule has 6 nitrogen and oxygen atoms in total. The predicted molar refractivity (Wildman–Crippen MR) is 195 cm³/mol. The number of hydrogen-bond donors (Lipinski definition) is 0. The van der Waals surface area contributed by atoms with Crippen LogP contribution in [0.3, 0.4) is 0 Å². The van der Waals surface area contributed by atoms with E-state index in [0.717, 1.165) is 93.3 Å². The SMILES string of the molecule is c1cc(-c2nc(-c3cccc4oc5ccccc5c34)nc(-c3cccc4oc5ccccc5c34)n2)c2c(c1)ccc1oc3ccccc3c12. The van der Waals surface area contributed by atoms with Crippen LogP contribution < -0.4 is 0 Å². The van der Waals surface area contributed by atoms with E-state index >= 15 is 0 Å². The Morgan fingerprint density at radius 3 is 1.18 bits per heavy atom. The standard InChI is InChI=1S/C43H23N3O3/c1-4-17-31-25(11-1)38-29(15-8-20-34(38)47-31)42-44-41(45-43(46-42)30-16-9-21-35-39(30)26-12-2-5-18-32(26)48-35)28-14-7-10-24-22-23-36-40(37(24)28)27-13-3-6-19-33(27)49-36/h1-23H. The maximum atomic E-state index is 6.32. The summed E-state index contributed by atoms with van der Waals surface area (Å²) in [5.41, 5.74) is 7.49. The third-order valence-electron chi connectivity index (χ3n) is 9.55. The highest BCUT2D eigenvalue weighted by molar-refractivity contribution is 6.22. The summed E-state index contributed by atoms with van der Waals surface area (Å²) in [7, 11) is 0. The van der Waals surface area contributed by atoms with Gasteiger partial charge in [-0.15, -0.1) is 0 Å². The van der Waals surface area contributed by atoms with Gasteiger partial charge in [0.25, 0.3) is 0 Å². The molecule has 0 N–H and O–H groups in total. The Kier molecular flexibility index (Phi) is 5.29. The normalized spacial score (nSPS) is 12.1. The molecule has 6 heteroatoms. The molecule has 0 saturated heterocycles. The summed E-state index contributed by atoms with van der Waals surface area (Å²) in [4.78, 5) is 15.8. The zero-order valence-electron chi connectivity index (χ0n) is 25.8. The van der Waals surface area contributed by atoms with E-state index in [2.05, 4.69) is 54.6 Å². The lowest BCUT2D eigenvalue weighted by Crippen LogP contribution is -2.01. The number of aromatic nitrogens is 3. The van der Waals surface area contributed by atoms with Crippen molar-refractivity contribution in [1.29, 1.82) is 0 Å². The average molecular weight is 630 g/mol. The Morgan fingerprint density at radius 2 is 0.673 bits per heavy atom. The molecule has 0 radical (unpaired) electrons. The number of para-hydroxylation sites is 3. The number of furan rings is 3. The van der Waals surface area contributed by atoms with Crippen LogP contribution in [0.1, 0.15) is 0 Å². The van der Waals surface area contributed by atoms with Gasteiger partial charge in [-0.1, -0.05) is 103 Å². The lowest BCUT2D eigenvalue weighted by molar-refractivity contribution is 0.668. The minimum absolute atomic E-state index is 0.559. The fraction of sp³-hybridized carbons (Fsp3) is 0. The lowest BCUT2D eigenvalue weighted by Gasteiger charge is -2.12. The van der Waals surface area contributed by atoms with Crippen LogP contribution in [0.4, 0.5) is 0 Å². The first-order valence-electron chi connectivity index (χ1n) is 16.2. The maximum Gasteiger partial charge on any atom is 0.164 e. The van der Waals surface area contributed by atoms with Gasteiger partial charge in [0.1, 0.15) is 33.5 Å². The molecule has 0 bridgehead atoms. The highest BCUT2D eigenvalue weighted by atomic mass is 16.3. The smallest absolute Gasteiger partial charge is 0.164 e. The van der Waals surface area contributed by atoms with E-state index in [9.17, 15) is 0 Å². The molecule has 4 aromatic heterocycles. The van der Waals surface area contributed by atoms with Crippen molar-refractivity contribution in [2.75, 3.05) is 0 Å². The summed E-state index contributed by atoms with van der Waals surface area (Å²) in [6.45, 7) is 0. The van der Waals surface area contributed by atoms with E-state index < -0.39 is 0 Å². The topological polar surface area (TPSA) is 78.1 Å². The van der Waals surface area contributed by atoms with Crippen LogP contribution in [0.2, 0.25) is 0 Å². The largest absolute Gasteiger partial charge is 0.456 e. The molecule has 0 atom stereocenters. The molecule has 7 aromatic carbocycles. The van der Waals surface area contributed by atoms with Crippen molar-refractivity contribution in [3.05, 3.63) is 140 Å². The molecular formula is C43H23N3O3. The fourth-order valence-corrected chi connectivity index (χ4v) is 7.44. The summed E-state index contributed by atoms with van der Waals surface area (Å²) in [6.07, 6.45) is 0. The van der Waals surface area contributed by atoms with Gasteiger partial charge in [0.15, 0.2) is 17.5 Å². The number of hydrogen-bond acceptors (Lipinski definition) is 6. The van der Waals surface area contributed by atoms with Crippen molar-refractivity contribution in [2.24, 2.45) is 0 Å². The van der Waals surface area contributed by atoms with Crippen molar-refractivity contribution >= 4 is 76.6 Å². The second-order valence-electron chi connectivity index (χ2n) is 12.3. The van der Waals surface area contributed by atoms with Crippen molar-refractivity contribution in [3.63, 3.8) is 0 Å². The van der Waals surface area contributed by atoms with Gasteiger partial charge in [0, 0.05) is 54.4 Å². The molecule has 0 aliphatic carbocycles. The lowest BCUT2D eigenvalue weighted by atomic mass is 9.98. The van der Waals surface area contributed by atoms with E-state index in [1.165, 1.54) is 0 Å². The Balaban J connectivity index is 1.27. The molecular weight excluding hydrogens is 606 g/mol. The van der Waals surface area contributed by atoms with Crippen molar-refractivity contribution < 1.29 is 13.3 Å². The molecule has 228 valence electrons. The molecule has 0 fully saturated rings.